The van der Waals surface area contributed by atoms with Gasteiger partial charge in [-0.2, -0.15) is 11.8 Å². The van der Waals surface area contributed by atoms with E-state index >= 15 is 0 Å². The van der Waals surface area contributed by atoms with Crippen molar-refractivity contribution in [3.05, 3.63) is 35.4 Å². The summed E-state index contributed by atoms with van der Waals surface area (Å²) in [4.78, 5) is 0. The molecule has 1 aromatic carbocycles. The van der Waals surface area contributed by atoms with Gasteiger partial charge in [-0.25, -0.2) is 0 Å². The summed E-state index contributed by atoms with van der Waals surface area (Å²) in [5.41, 5.74) is 9.02. The fraction of sp³-hybridized carbons (Fsp3) is 0.538. The van der Waals surface area contributed by atoms with Crippen molar-refractivity contribution < 1.29 is 5.11 Å². The first-order valence-electron chi connectivity index (χ1n) is 5.89. The second kappa shape index (κ2) is 5.71. The van der Waals surface area contributed by atoms with Crippen molar-refractivity contribution in [1.82, 2.24) is 0 Å². The summed E-state index contributed by atoms with van der Waals surface area (Å²) >= 11 is 1.91. The van der Waals surface area contributed by atoms with Gasteiger partial charge in [0.25, 0.3) is 0 Å². The number of fused-ring (bicyclic) bond motifs is 1. The van der Waals surface area contributed by atoms with Gasteiger partial charge >= 0.3 is 0 Å². The van der Waals surface area contributed by atoms with Crippen molar-refractivity contribution in [2.24, 2.45) is 5.73 Å². The molecule has 2 atom stereocenters. The van der Waals surface area contributed by atoms with E-state index in [0.717, 1.165) is 25.0 Å². The molecule has 88 valence electrons. The minimum atomic E-state index is 0.161. The molecule has 0 heterocycles. The molecule has 0 bridgehead atoms. The summed E-state index contributed by atoms with van der Waals surface area (Å²) < 4.78 is 0. The molecule has 1 aromatic rings. The molecule has 3 N–H and O–H groups in total. The molecule has 0 amide bonds. The number of aryl methyl sites for hydroxylation is 1. The first-order valence-corrected chi connectivity index (χ1v) is 6.93. The number of nitrogens with two attached hydrogens (primary N) is 1. The second-order valence-corrected chi connectivity index (χ2v) is 5.60. The van der Waals surface area contributed by atoms with Crippen LogP contribution < -0.4 is 5.73 Å². The maximum absolute atomic E-state index is 8.77. The van der Waals surface area contributed by atoms with Crippen LogP contribution in [0.5, 0.6) is 0 Å². The van der Waals surface area contributed by atoms with E-state index in [4.69, 9.17) is 10.8 Å². The average molecular weight is 237 g/mol. The van der Waals surface area contributed by atoms with E-state index in [-0.39, 0.29) is 12.6 Å². The molecule has 0 saturated carbocycles. The molecule has 16 heavy (non-hydrogen) atoms. The van der Waals surface area contributed by atoms with E-state index in [0.29, 0.717) is 5.25 Å². The summed E-state index contributed by atoms with van der Waals surface area (Å²) in [7, 11) is 0. The Labute approximate surface area is 101 Å². The number of rotatable bonds is 4. The number of aliphatic hydroxyl groups is 1. The zero-order valence-electron chi connectivity index (χ0n) is 9.43. The summed E-state index contributed by atoms with van der Waals surface area (Å²) in [6.07, 6.45) is 3.17. The van der Waals surface area contributed by atoms with Crippen LogP contribution in [0.3, 0.4) is 0 Å². The van der Waals surface area contributed by atoms with E-state index < -0.39 is 0 Å². The van der Waals surface area contributed by atoms with Crippen molar-refractivity contribution in [1.29, 1.82) is 0 Å². The Morgan fingerprint density at radius 2 is 2.19 bits per heavy atom. The third-order valence-electron chi connectivity index (χ3n) is 3.15. The van der Waals surface area contributed by atoms with E-state index in [1.54, 1.807) is 0 Å². The quantitative estimate of drug-likeness (QED) is 0.789. The van der Waals surface area contributed by atoms with Crippen LogP contribution in [0.2, 0.25) is 0 Å². The minimum Gasteiger partial charge on any atom is -0.396 e. The van der Waals surface area contributed by atoms with Gasteiger partial charge in [-0.1, -0.05) is 24.3 Å². The SMILES string of the molecule is NC1c2ccccc2CCC1SCCCO. The van der Waals surface area contributed by atoms with E-state index in [2.05, 4.69) is 24.3 Å². The standard InChI is InChI=1S/C13H19NOS/c14-13-11-5-2-1-4-10(11)6-7-12(13)16-9-3-8-15/h1-2,4-5,12-13,15H,3,6-9,14H2. The minimum absolute atomic E-state index is 0.161. The molecular weight excluding hydrogens is 218 g/mol. The molecule has 0 spiro atoms. The van der Waals surface area contributed by atoms with Gasteiger partial charge in [-0.05, 0) is 36.1 Å². The van der Waals surface area contributed by atoms with Gasteiger partial charge in [0.1, 0.15) is 0 Å². The van der Waals surface area contributed by atoms with Gasteiger partial charge < -0.3 is 10.8 Å². The zero-order chi connectivity index (χ0) is 11.4. The van der Waals surface area contributed by atoms with Gasteiger partial charge in [-0.15, -0.1) is 0 Å². The van der Waals surface area contributed by atoms with Crippen LogP contribution in [0, 0.1) is 0 Å². The maximum atomic E-state index is 8.77. The topological polar surface area (TPSA) is 46.2 Å². The smallest absolute Gasteiger partial charge is 0.0438 e. The van der Waals surface area contributed by atoms with Gasteiger partial charge in [0.2, 0.25) is 0 Å². The number of hydrogen-bond donors (Lipinski definition) is 2. The fourth-order valence-corrected chi connectivity index (χ4v) is 3.49. The van der Waals surface area contributed by atoms with Crippen molar-refractivity contribution in [2.45, 2.75) is 30.6 Å². The van der Waals surface area contributed by atoms with Crippen LogP contribution in [0.15, 0.2) is 24.3 Å². The molecule has 2 rings (SSSR count). The molecule has 1 aliphatic carbocycles. The zero-order valence-corrected chi connectivity index (χ0v) is 10.2. The van der Waals surface area contributed by atoms with Crippen molar-refractivity contribution in [3.8, 4) is 0 Å². The molecular formula is C13H19NOS. The number of aliphatic hydroxyl groups excluding tert-OH is 1. The largest absolute Gasteiger partial charge is 0.396 e. The molecule has 3 heteroatoms. The lowest BCUT2D eigenvalue weighted by Crippen LogP contribution is -2.29. The van der Waals surface area contributed by atoms with Gasteiger partial charge in [0.15, 0.2) is 0 Å². The fourth-order valence-electron chi connectivity index (χ4n) is 2.25. The highest BCUT2D eigenvalue weighted by Crippen LogP contribution is 2.35. The van der Waals surface area contributed by atoms with Crippen LogP contribution in [0.25, 0.3) is 0 Å². The highest BCUT2D eigenvalue weighted by atomic mass is 32.2. The summed E-state index contributed by atoms with van der Waals surface area (Å²) in [6.45, 7) is 0.283. The molecule has 2 nitrogen and oxygen atoms in total. The molecule has 0 radical (unpaired) electrons. The lowest BCUT2D eigenvalue weighted by Gasteiger charge is -2.30. The van der Waals surface area contributed by atoms with Crippen LogP contribution in [0.1, 0.15) is 30.0 Å². The maximum Gasteiger partial charge on any atom is 0.0438 e. The Morgan fingerprint density at radius 3 is 3.00 bits per heavy atom. The van der Waals surface area contributed by atoms with E-state index in [1.165, 1.54) is 11.1 Å². The monoisotopic (exact) mass is 237 g/mol. The van der Waals surface area contributed by atoms with E-state index in [9.17, 15) is 0 Å². The molecule has 0 aromatic heterocycles. The third kappa shape index (κ3) is 2.59. The second-order valence-electron chi connectivity index (χ2n) is 4.25. The summed E-state index contributed by atoms with van der Waals surface area (Å²) in [5.74, 6) is 1.01. The predicted molar refractivity (Wildman–Crippen MR) is 69.6 cm³/mol. The first-order chi connectivity index (χ1) is 7.83. The van der Waals surface area contributed by atoms with Crippen molar-refractivity contribution >= 4 is 11.8 Å². The Hall–Kier alpha value is -0.510. The summed E-state index contributed by atoms with van der Waals surface area (Å²) in [5, 5.41) is 9.29. The number of benzene rings is 1. The van der Waals surface area contributed by atoms with Crippen molar-refractivity contribution in [2.75, 3.05) is 12.4 Å². The van der Waals surface area contributed by atoms with Gasteiger partial charge in [0, 0.05) is 17.9 Å². The lowest BCUT2D eigenvalue weighted by atomic mass is 9.88. The molecule has 0 saturated heterocycles. The third-order valence-corrected chi connectivity index (χ3v) is 4.63. The highest BCUT2D eigenvalue weighted by Gasteiger charge is 2.26. The first kappa shape index (κ1) is 12.0. The van der Waals surface area contributed by atoms with Crippen LogP contribution >= 0.6 is 11.8 Å². The van der Waals surface area contributed by atoms with Crippen LogP contribution in [-0.2, 0) is 6.42 Å². The van der Waals surface area contributed by atoms with Gasteiger partial charge in [-0.3, -0.25) is 0 Å². The molecule has 2 unspecified atom stereocenters. The Balaban J connectivity index is 2.00. The average Bonchev–Trinajstić information content (AvgIpc) is 2.33. The molecule has 0 fully saturated rings. The lowest BCUT2D eigenvalue weighted by molar-refractivity contribution is 0.296. The molecule has 1 aliphatic rings. The Bertz CT molecular complexity index is 342. The normalized spacial score (nSPS) is 24.1. The van der Waals surface area contributed by atoms with E-state index in [1.807, 2.05) is 11.8 Å². The van der Waals surface area contributed by atoms with Crippen LogP contribution in [0.4, 0.5) is 0 Å². The highest BCUT2D eigenvalue weighted by molar-refractivity contribution is 7.99. The summed E-state index contributed by atoms with van der Waals surface area (Å²) in [6, 6.07) is 8.65. The Morgan fingerprint density at radius 1 is 1.38 bits per heavy atom. The predicted octanol–water partition coefficient (Wildman–Crippen LogP) is 2.12. The molecule has 0 aliphatic heterocycles. The Kier molecular flexibility index (Phi) is 4.27. The van der Waals surface area contributed by atoms with Crippen molar-refractivity contribution in [3.63, 3.8) is 0 Å². The number of hydrogen-bond acceptors (Lipinski definition) is 3. The van der Waals surface area contributed by atoms with Crippen LogP contribution in [-0.4, -0.2) is 22.7 Å². The number of thioether (sulfide) groups is 1. The van der Waals surface area contributed by atoms with Gasteiger partial charge in [0.05, 0.1) is 0 Å².